The van der Waals surface area contributed by atoms with Crippen molar-refractivity contribution in [3.8, 4) is 0 Å². The number of hydrogen-bond acceptors (Lipinski definition) is 6. The number of rotatable bonds is 5. The van der Waals surface area contributed by atoms with E-state index in [2.05, 4.69) is 74.5 Å². The molecule has 1 aromatic heterocycles. The summed E-state index contributed by atoms with van der Waals surface area (Å²) < 4.78 is 0. The summed E-state index contributed by atoms with van der Waals surface area (Å²) >= 11 is 0. The molecule has 2 N–H and O–H groups in total. The van der Waals surface area contributed by atoms with Gasteiger partial charge in [0.15, 0.2) is 0 Å². The summed E-state index contributed by atoms with van der Waals surface area (Å²) in [7, 11) is 0. The minimum absolute atomic E-state index is 0.232. The molecule has 7 nitrogen and oxygen atoms in total. The summed E-state index contributed by atoms with van der Waals surface area (Å²) in [5.74, 6) is 0.0112. The average molecular weight is 413 g/mol. The number of carbonyl (C=O) groups is 1. The molecule has 0 saturated carbocycles. The first-order valence-electron chi connectivity index (χ1n) is 10.3. The molecule has 1 amide bonds. The highest BCUT2D eigenvalue weighted by Crippen LogP contribution is 2.35. The van der Waals surface area contributed by atoms with Gasteiger partial charge in [-0.2, -0.15) is 0 Å². The number of benzene rings is 2. The number of nitrogens with one attached hydrogen (secondary N) is 1. The fourth-order valence-corrected chi connectivity index (χ4v) is 4.47. The van der Waals surface area contributed by atoms with E-state index in [0.717, 1.165) is 19.5 Å². The zero-order valence-corrected chi connectivity index (χ0v) is 16.9. The highest BCUT2D eigenvalue weighted by molar-refractivity contribution is 5.92. The second kappa shape index (κ2) is 8.20. The smallest absolute Gasteiger partial charge is 0.277 e. The van der Waals surface area contributed by atoms with Crippen LogP contribution in [-0.2, 0) is 0 Å². The van der Waals surface area contributed by atoms with Gasteiger partial charge < -0.3 is 9.80 Å². The maximum Gasteiger partial charge on any atom is 0.277 e. The normalized spacial score (nSPS) is 19.4. The Bertz CT molecular complexity index is 1040. The van der Waals surface area contributed by atoms with Crippen LogP contribution in [0.4, 0.5) is 5.95 Å². The van der Waals surface area contributed by atoms with E-state index in [0.29, 0.717) is 18.0 Å². The van der Waals surface area contributed by atoms with Gasteiger partial charge in [0, 0.05) is 43.3 Å². The summed E-state index contributed by atoms with van der Waals surface area (Å²) in [6.45, 7) is 1.74. The lowest BCUT2D eigenvalue weighted by Crippen LogP contribution is -2.45. The Labute approximate surface area is 180 Å². The minimum atomic E-state index is -0.611. The molecule has 2 bridgehead atoms. The van der Waals surface area contributed by atoms with Crippen molar-refractivity contribution in [1.82, 2.24) is 20.3 Å². The van der Waals surface area contributed by atoms with Crippen LogP contribution in [0.25, 0.3) is 5.57 Å². The molecule has 2 saturated heterocycles. The van der Waals surface area contributed by atoms with E-state index in [1.165, 1.54) is 29.1 Å². The largest absolute Gasteiger partial charge is 0.370 e. The molecule has 3 heterocycles. The number of hydroxylamine groups is 1. The van der Waals surface area contributed by atoms with Crippen LogP contribution in [0, 0.1) is 0 Å². The first kappa shape index (κ1) is 19.3. The Balaban J connectivity index is 1.37. The number of aromatic nitrogens is 2. The third kappa shape index (κ3) is 3.75. The van der Waals surface area contributed by atoms with Crippen LogP contribution in [0.5, 0.6) is 0 Å². The minimum Gasteiger partial charge on any atom is -0.370 e. The summed E-state index contributed by atoms with van der Waals surface area (Å²) in [6, 6.07) is 21.7. The Morgan fingerprint density at radius 2 is 1.52 bits per heavy atom. The zero-order chi connectivity index (χ0) is 21.2. The van der Waals surface area contributed by atoms with Crippen molar-refractivity contribution in [3.63, 3.8) is 0 Å². The topological polar surface area (TPSA) is 81.6 Å². The molecule has 0 unspecified atom stereocenters. The van der Waals surface area contributed by atoms with Gasteiger partial charge in [-0.3, -0.25) is 10.0 Å². The van der Waals surface area contributed by atoms with Crippen LogP contribution < -0.4 is 10.4 Å². The van der Waals surface area contributed by atoms with E-state index in [1.807, 2.05) is 12.1 Å². The quantitative estimate of drug-likeness (QED) is 0.494. The molecule has 7 heteroatoms. The van der Waals surface area contributed by atoms with Crippen LogP contribution >= 0.6 is 0 Å². The van der Waals surface area contributed by atoms with Crippen molar-refractivity contribution in [2.24, 2.45) is 0 Å². The third-order valence-electron chi connectivity index (χ3n) is 6.01. The van der Waals surface area contributed by atoms with Crippen molar-refractivity contribution < 1.29 is 10.0 Å². The lowest BCUT2D eigenvalue weighted by Gasteiger charge is -2.34. The van der Waals surface area contributed by atoms with Gasteiger partial charge in [-0.05, 0) is 17.5 Å². The monoisotopic (exact) mass is 413 g/mol. The van der Waals surface area contributed by atoms with Crippen LogP contribution in [0.3, 0.4) is 0 Å². The molecule has 2 fully saturated rings. The predicted molar refractivity (Wildman–Crippen MR) is 117 cm³/mol. The average Bonchev–Trinajstić information content (AvgIpc) is 3.44. The summed E-state index contributed by atoms with van der Waals surface area (Å²) in [5, 5.41) is 8.74. The fraction of sp³-hybridized carbons (Fsp3) is 0.208. The molecular formula is C24H23N5O2. The Morgan fingerprint density at radius 1 is 0.903 bits per heavy atom. The number of amides is 1. The van der Waals surface area contributed by atoms with Gasteiger partial charge in [-0.15, -0.1) is 0 Å². The van der Waals surface area contributed by atoms with E-state index in [1.54, 1.807) is 5.48 Å². The van der Waals surface area contributed by atoms with Crippen molar-refractivity contribution in [3.05, 3.63) is 95.9 Å². The van der Waals surface area contributed by atoms with Gasteiger partial charge in [0.05, 0.1) is 11.6 Å². The third-order valence-corrected chi connectivity index (χ3v) is 6.01. The molecule has 0 aliphatic carbocycles. The first-order valence-corrected chi connectivity index (χ1v) is 10.3. The molecule has 2 atom stereocenters. The van der Waals surface area contributed by atoms with E-state index < -0.39 is 5.91 Å². The van der Waals surface area contributed by atoms with Gasteiger partial charge in [-0.25, -0.2) is 15.4 Å². The molecule has 2 aliphatic heterocycles. The van der Waals surface area contributed by atoms with Gasteiger partial charge in [-0.1, -0.05) is 60.7 Å². The lowest BCUT2D eigenvalue weighted by molar-refractivity contribution is 0.0705. The van der Waals surface area contributed by atoms with E-state index in [4.69, 9.17) is 5.21 Å². The standard InChI is InChI=1S/C24H23N5O2/c30-23(27-31)19-12-25-24(26-13-19)29-15-20-11-21(29)14-28(20)16-22(17-7-3-1-4-8-17)18-9-5-2-6-10-18/h1-10,12-13,16,20-21,31H,11,14-15H2,(H,27,30)/t20-,21-/m0/s1. The summed E-state index contributed by atoms with van der Waals surface area (Å²) in [6.07, 6.45) is 6.23. The molecule has 2 aromatic carbocycles. The van der Waals surface area contributed by atoms with Gasteiger partial charge >= 0.3 is 0 Å². The number of carbonyl (C=O) groups excluding carboxylic acids is 1. The van der Waals surface area contributed by atoms with Crippen molar-refractivity contribution in [2.45, 2.75) is 18.5 Å². The SMILES string of the molecule is O=C(NO)c1cnc(N2C[C@@H]3C[C@H]2CN3C=C(c2ccccc2)c2ccccc2)nc1. The highest BCUT2D eigenvalue weighted by atomic mass is 16.5. The maximum absolute atomic E-state index is 11.5. The Kier molecular flexibility index (Phi) is 5.09. The first-order chi connectivity index (χ1) is 15.2. The highest BCUT2D eigenvalue weighted by Gasteiger charge is 2.43. The number of piperazine rings is 1. The molecule has 0 spiro atoms. The van der Waals surface area contributed by atoms with Crippen molar-refractivity contribution >= 4 is 17.4 Å². The number of anilines is 1. The van der Waals surface area contributed by atoms with E-state index in [9.17, 15) is 4.79 Å². The molecule has 5 rings (SSSR count). The van der Waals surface area contributed by atoms with Crippen LogP contribution in [-0.4, -0.2) is 51.2 Å². The van der Waals surface area contributed by atoms with Crippen molar-refractivity contribution in [2.75, 3.05) is 18.0 Å². The number of nitrogens with zero attached hydrogens (tertiary/aromatic N) is 4. The van der Waals surface area contributed by atoms with Crippen molar-refractivity contribution in [1.29, 1.82) is 0 Å². The van der Waals surface area contributed by atoms with Crippen LogP contribution in [0.15, 0.2) is 79.3 Å². The Morgan fingerprint density at radius 3 is 2.03 bits per heavy atom. The summed E-state index contributed by atoms with van der Waals surface area (Å²) in [4.78, 5) is 24.8. The van der Waals surface area contributed by atoms with E-state index in [-0.39, 0.29) is 5.56 Å². The Hall–Kier alpha value is -3.71. The lowest BCUT2D eigenvalue weighted by atomic mass is 9.98. The molecule has 156 valence electrons. The molecule has 2 aliphatic rings. The zero-order valence-electron chi connectivity index (χ0n) is 16.9. The van der Waals surface area contributed by atoms with Gasteiger partial charge in [0.25, 0.3) is 5.91 Å². The predicted octanol–water partition coefficient (Wildman–Crippen LogP) is 2.95. The molecule has 31 heavy (non-hydrogen) atoms. The fourth-order valence-electron chi connectivity index (χ4n) is 4.47. The second-order valence-corrected chi connectivity index (χ2v) is 7.88. The number of likely N-dealkylation sites (tertiary alicyclic amines) is 1. The van der Waals surface area contributed by atoms with Gasteiger partial charge in [0.2, 0.25) is 5.95 Å². The maximum atomic E-state index is 11.5. The van der Waals surface area contributed by atoms with Crippen LogP contribution in [0.1, 0.15) is 27.9 Å². The number of fused-ring (bicyclic) bond motifs is 2. The molecule has 0 radical (unpaired) electrons. The summed E-state index contributed by atoms with van der Waals surface area (Å²) in [5.41, 5.74) is 5.46. The van der Waals surface area contributed by atoms with E-state index >= 15 is 0 Å². The second-order valence-electron chi connectivity index (χ2n) is 7.88. The van der Waals surface area contributed by atoms with Crippen LogP contribution in [0.2, 0.25) is 0 Å². The van der Waals surface area contributed by atoms with Gasteiger partial charge in [0.1, 0.15) is 0 Å². The number of hydrogen-bond donors (Lipinski definition) is 2. The molecule has 3 aromatic rings. The molecular weight excluding hydrogens is 390 g/mol.